The number of imidazole rings is 1. The highest BCUT2D eigenvalue weighted by atomic mass is 15.1. The molecule has 1 saturated heterocycles. The highest BCUT2D eigenvalue weighted by Crippen LogP contribution is 2.30. The van der Waals surface area contributed by atoms with Crippen LogP contribution < -0.4 is 10.2 Å². The maximum Gasteiger partial charge on any atom is 0.158 e. The smallest absolute Gasteiger partial charge is 0.158 e. The van der Waals surface area contributed by atoms with Crippen LogP contribution in [0.1, 0.15) is 45.9 Å². The summed E-state index contributed by atoms with van der Waals surface area (Å²) >= 11 is 0. The van der Waals surface area contributed by atoms with Crippen LogP contribution in [0.3, 0.4) is 0 Å². The molecule has 0 amide bonds. The second kappa shape index (κ2) is 10.5. The molecule has 2 aliphatic rings. The Morgan fingerprint density at radius 1 is 0.975 bits per heavy atom. The Hall–Kier alpha value is -4.71. The van der Waals surface area contributed by atoms with Crippen molar-refractivity contribution in [2.45, 2.75) is 32.1 Å². The molecule has 6 nitrogen and oxygen atoms in total. The summed E-state index contributed by atoms with van der Waals surface area (Å²) in [6.45, 7) is 6.62. The van der Waals surface area contributed by atoms with E-state index in [-0.39, 0.29) is 4.28 Å². The molecule has 2 aliphatic heterocycles. The van der Waals surface area contributed by atoms with E-state index in [0.717, 1.165) is 71.2 Å². The van der Waals surface area contributed by atoms with Gasteiger partial charge in [-0.3, -0.25) is 4.99 Å². The Morgan fingerprint density at radius 2 is 1.85 bits per heavy atom. The fraction of sp³-hybridized carbons (Fsp3) is 0.206. The van der Waals surface area contributed by atoms with E-state index in [9.17, 15) is 0 Å². The summed E-state index contributed by atoms with van der Waals surface area (Å²) in [4.78, 5) is 16.7. The van der Waals surface area contributed by atoms with E-state index in [4.69, 9.17) is 4.98 Å². The SMILES string of the molecule is C=C(Nc1ccc2c(c1)N=CC2)c1cccc(-c2cn3ccnc3c(Cc3ccc(N4CCCCC4)cc3)n2)c1.[HH].[HH].[HH]. The number of aliphatic imine (C=N–C) groups is 1. The quantitative estimate of drug-likeness (QED) is 0.231. The first-order valence-corrected chi connectivity index (χ1v) is 14.1. The Labute approximate surface area is 239 Å². The number of fused-ring (bicyclic) bond motifs is 2. The zero-order chi connectivity index (χ0) is 26.9. The van der Waals surface area contributed by atoms with Crippen LogP contribution in [0.25, 0.3) is 22.6 Å². The highest BCUT2D eigenvalue weighted by molar-refractivity contribution is 5.82. The third-order valence-corrected chi connectivity index (χ3v) is 7.90. The number of anilines is 2. The predicted molar refractivity (Wildman–Crippen MR) is 171 cm³/mol. The van der Waals surface area contributed by atoms with Crippen molar-refractivity contribution >= 4 is 34.6 Å². The Balaban J connectivity index is 0.00000141. The zero-order valence-corrected chi connectivity index (χ0v) is 22.6. The lowest BCUT2D eigenvalue weighted by molar-refractivity contribution is 0.578. The molecule has 6 heteroatoms. The zero-order valence-electron chi connectivity index (χ0n) is 22.6. The topological polar surface area (TPSA) is 57.8 Å². The lowest BCUT2D eigenvalue weighted by atomic mass is 10.0. The average molecular weight is 531 g/mol. The van der Waals surface area contributed by atoms with Crippen LogP contribution >= 0.6 is 0 Å². The minimum absolute atomic E-state index is 0. The Bertz CT molecular complexity index is 1740. The van der Waals surface area contributed by atoms with Crippen LogP contribution in [0.2, 0.25) is 0 Å². The lowest BCUT2D eigenvalue weighted by Crippen LogP contribution is -2.29. The van der Waals surface area contributed by atoms with Gasteiger partial charge in [-0.2, -0.15) is 0 Å². The van der Waals surface area contributed by atoms with Crippen LogP contribution in [0.5, 0.6) is 0 Å². The molecule has 0 unspecified atom stereocenters. The molecule has 4 heterocycles. The molecule has 0 aliphatic carbocycles. The second-order valence-corrected chi connectivity index (χ2v) is 10.7. The summed E-state index contributed by atoms with van der Waals surface area (Å²) in [5.74, 6) is 0. The minimum Gasteiger partial charge on any atom is -0.372 e. The van der Waals surface area contributed by atoms with E-state index in [0.29, 0.717) is 0 Å². The largest absolute Gasteiger partial charge is 0.372 e. The molecular formula is C34H38N6. The van der Waals surface area contributed by atoms with Crippen molar-refractivity contribution in [3.05, 3.63) is 114 Å². The molecule has 0 atom stereocenters. The molecule has 0 bridgehead atoms. The lowest BCUT2D eigenvalue weighted by Gasteiger charge is -2.28. The van der Waals surface area contributed by atoms with Gasteiger partial charge in [-0.1, -0.05) is 43.0 Å². The Morgan fingerprint density at radius 3 is 2.73 bits per heavy atom. The number of rotatable bonds is 7. The molecular weight excluding hydrogens is 492 g/mol. The van der Waals surface area contributed by atoms with Crippen molar-refractivity contribution in [3.63, 3.8) is 0 Å². The molecule has 1 N–H and O–H groups in total. The highest BCUT2D eigenvalue weighted by Gasteiger charge is 2.14. The summed E-state index contributed by atoms with van der Waals surface area (Å²) in [7, 11) is 0. The van der Waals surface area contributed by atoms with Gasteiger partial charge in [-0.05, 0) is 66.3 Å². The van der Waals surface area contributed by atoms with Gasteiger partial charge in [0.25, 0.3) is 0 Å². The number of nitrogens with one attached hydrogen (secondary N) is 1. The van der Waals surface area contributed by atoms with Crippen molar-refractivity contribution < 1.29 is 4.28 Å². The Kier molecular flexibility index (Phi) is 6.36. The molecule has 204 valence electrons. The van der Waals surface area contributed by atoms with E-state index in [1.165, 1.54) is 36.1 Å². The summed E-state index contributed by atoms with van der Waals surface area (Å²) in [6.07, 6.45) is 13.4. The van der Waals surface area contributed by atoms with Gasteiger partial charge in [0.1, 0.15) is 0 Å². The van der Waals surface area contributed by atoms with E-state index in [1.54, 1.807) is 0 Å². The molecule has 40 heavy (non-hydrogen) atoms. The van der Waals surface area contributed by atoms with Gasteiger partial charge in [0, 0.05) is 77.7 Å². The minimum atomic E-state index is 0. The van der Waals surface area contributed by atoms with Gasteiger partial charge in [0.05, 0.1) is 17.1 Å². The molecule has 3 aromatic carbocycles. The monoisotopic (exact) mass is 530 g/mol. The fourth-order valence-corrected chi connectivity index (χ4v) is 5.71. The van der Waals surface area contributed by atoms with E-state index >= 15 is 0 Å². The normalized spacial score (nSPS) is 14.4. The number of hydrogen-bond acceptors (Lipinski definition) is 5. The van der Waals surface area contributed by atoms with Gasteiger partial charge in [0.2, 0.25) is 0 Å². The van der Waals surface area contributed by atoms with Crippen molar-refractivity contribution in [1.29, 1.82) is 0 Å². The standard InChI is InChI=1S/C34H32N6.3H2/c1-24(37-29-11-10-26-14-15-35-31(26)22-29)27-6-5-7-28(21-27)33-23-40-19-16-36-34(40)32(38-33)20-25-8-12-30(13-9-25)39-17-3-2-4-18-39;;;/h5-13,15-16,19,21-23,37H,1-4,14,17-18,20H2;3*1H. The average Bonchev–Trinajstić information content (AvgIpc) is 3.68. The van der Waals surface area contributed by atoms with Crippen LogP contribution in [-0.4, -0.2) is 33.7 Å². The van der Waals surface area contributed by atoms with Gasteiger partial charge < -0.3 is 14.6 Å². The van der Waals surface area contributed by atoms with E-state index in [1.807, 2.05) is 18.6 Å². The first-order chi connectivity index (χ1) is 19.7. The molecule has 0 radical (unpaired) electrons. The number of aromatic nitrogens is 3. The van der Waals surface area contributed by atoms with Crippen LogP contribution in [0.15, 0.2) is 96.9 Å². The third-order valence-electron chi connectivity index (χ3n) is 7.90. The number of piperidine rings is 1. The van der Waals surface area contributed by atoms with Crippen LogP contribution in [0, 0.1) is 0 Å². The summed E-state index contributed by atoms with van der Waals surface area (Å²) in [6, 6.07) is 23.6. The number of hydrogen-bond donors (Lipinski definition) is 1. The van der Waals surface area contributed by atoms with Crippen molar-refractivity contribution in [2.24, 2.45) is 4.99 Å². The van der Waals surface area contributed by atoms with Gasteiger partial charge in [-0.15, -0.1) is 0 Å². The van der Waals surface area contributed by atoms with Crippen molar-refractivity contribution in [1.82, 2.24) is 14.4 Å². The number of nitrogens with zero attached hydrogens (tertiary/aromatic N) is 5. The van der Waals surface area contributed by atoms with Gasteiger partial charge in [-0.25, -0.2) is 9.97 Å². The predicted octanol–water partition coefficient (Wildman–Crippen LogP) is 8.06. The van der Waals surface area contributed by atoms with E-state index < -0.39 is 0 Å². The van der Waals surface area contributed by atoms with Crippen LogP contribution in [-0.2, 0) is 12.8 Å². The van der Waals surface area contributed by atoms with Gasteiger partial charge >= 0.3 is 0 Å². The molecule has 7 rings (SSSR count). The van der Waals surface area contributed by atoms with Crippen molar-refractivity contribution in [3.8, 4) is 11.3 Å². The fourth-order valence-electron chi connectivity index (χ4n) is 5.71. The molecule has 0 saturated carbocycles. The third kappa shape index (κ3) is 4.89. The molecule has 0 spiro atoms. The van der Waals surface area contributed by atoms with Crippen LogP contribution in [0.4, 0.5) is 17.1 Å². The van der Waals surface area contributed by atoms with Gasteiger partial charge in [0.15, 0.2) is 5.65 Å². The maximum absolute atomic E-state index is 5.11. The first-order valence-electron chi connectivity index (χ1n) is 14.1. The first kappa shape index (κ1) is 24.3. The van der Waals surface area contributed by atoms with Crippen molar-refractivity contribution in [2.75, 3.05) is 23.3 Å². The maximum atomic E-state index is 5.11. The van der Waals surface area contributed by atoms with E-state index in [2.05, 4.69) is 104 Å². The molecule has 1 fully saturated rings. The number of benzene rings is 3. The summed E-state index contributed by atoms with van der Waals surface area (Å²) < 4.78 is 2.07. The second-order valence-electron chi connectivity index (χ2n) is 10.7. The molecule has 2 aromatic heterocycles. The summed E-state index contributed by atoms with van der Waals surface area (Å²) in [5, 5.41) is 3.46. The summed E-state index contributed by atoms with van der Waals surface area (Å²) in [5.41, 5.74) is 11.5. The molecule has 5 aromatic rings.